The molecule has 1 rings (SSSR count). The van der Waals surface area contributed by atoms with E-state index < -0.39 is 0 Å². The van der Waals surface area contributed by atoms with Crippen LogP contribution in [0.1, 0.15) is 96.5 Å². The number of aryl methyl sites for hydroxylation is 1. The van der Waals surface area contributed by atoms with Crippen molar-refractivity contribution in [1.29, 1.82) is 0 Å². The molecule has 0 heterocycles. The molecule has 0 atom stereocenters. The minimum atomic E-state index is 0.853. The van der Waals surface area contributed by atoms with Crippen molar-refractivity contribution in [2.45, 2.75) is 97.3 Å². The van der Waals surface area contributed by atoms with Gasteiger partial charge in [-0.1, -0.05) is 96.3 Å². The molecule has 0 saturated carbocycles. The van der Waals surface area contributed by atoms with Gasteiger partial charge in [0.1, 0.15) is 5.75 Å². The monoisotopic (exact) mass is 318 g/mol. The fourth-order valence-corrected chi connectivity index (χ4v) is 2.98. The van der Waals surface area contributed by atoms with E-state index in [0.717, 1.165) is 18.8 Å². The summed E-state index contributed by atoms with van der Waals surface area (Å²) in [6.07, 6.45) is 17.5. The van der Waals surface area contributed by atoms with Crippen molar-refractivity contribution < 1.29 is 4.74 Å². The van der Waals surface area contributed by atoms with E-state index in [9.17, 15) is 0 Å². The van der Waals surface area contributed by atoms with Gasteiger partial charge in [-0.25, -0.2) is 0 Å². The van der Waals surface area contributed by atoms with Gasteiger partial charge >= 0.3 is 0 Å². The van der Waals surface area contributed by atoms with Crippen molar-refractivity contribution in [1.82, 2.24) is 0 Å². The number of unbranched alkanes of at least 4 members (excludes halogenated alkanes) is 10. The van der Waals surface area contributed by atoms with Gasteiger partial charge in [0.25, 0.3) is 0 Å². The van der Waals surface area contributed by atoms with Crippen LogP contribution < -0.4 is 4.74 Å². The molecule has 0 aromatic heterocycles. The normalized spacial score (nSPS) is 10.9. The quantitative estimate of drug-likeness (QED) is 0.308. The SMILES string of the molecule is CCCCCCCCCCCCc1ccccc1OCCCC. The minimum Gasteiger partial charge on any atom is -0.493 e. The first-order valence-corrected chi connectivity index (χ1v) is 10.1. The van der Waals surface area contributed by atoms with Crippen LogP contribution in [0.4, 0.5) is 0 Å². The molecule has 0 N–H and O–H groups in total. The molecule has 0 fully saturated rings. The smallest absolute Gasteiger partial charge is 0.122 e. The van der Waals surface area contributed by atoms with E-state index in [0.29, 0.717) is 0 Å². The van der Waals surface area contributed by atoms with Gasteiger partial charge in [-0.15, -0.1) is 0 Å². The van der Waals surface area contributed by atoms with Crippen molar-refractivity contribution >= 4 is 0 Å². The van der Waals surface area contributed by atoms with Gasteiger partial charge in [-0.3, -0.25) is 0 Å². The minimum absolute atomic E-state index is 0.853. The van der Waals surface area contributed by atoms with Gasteiger partial charge in [-0.2, -0.15) is 0 Å². The molecular formula is C22H38O. The second-order valence-electron chi connectivity index (χ2n) is 6.74. The van der Waals surface area contributed by atoms with Crippen LogP contribution in [0.15, 0.2) is 24.3 Å². The average Bonchev–Trinajstić information content (AvgIpc) is 2.58. The molecule has 0 saturated heterocycles. The van der Waals surface area contributed by atoms with Gasteiger partial charge in [0.15, 0.2) is 0 Å². The maximum absolute atomic E-state index is 5.92. The van der Waals surface area contributed by atoms with Gasteiger partial charge in [0.2, 0.25) is 0 Å². The van der Waals surface area contributed by atoms with Crippen molar-refractivity contribution in [2.24, 2.45) is 0 Å². The van der Waals surface area contributed by atoms with Gasteiger partial charge in [0.05, 0.1) is 6.61 Å². The summed E-state index contributed by atoms with van der Waals surface area (Å²) in [5, 5.41) is 0. The first kappa shape index (κ1) is 20.1. The van der Waals surface area contributed by atoms with Crippen LogP contribution in [0.2, 0.25) is 0 Å². The third-order valence-electron chi connectivity index (χ3n) is 4.53. The van der Waals surface area contributed by atoms with E-state index >= 15 is 0 Å². The Morgan fingerprint density at radius 3 is 1.87 bits per heavy atom. The number of benzene rings is 1. The Kier molecular flexibility index (Phi) is 12.7. The largest absolute Gasteiger partial charge is 0.493 e. The van der Waals surface area contributed by atoms with Gasteiger partial charge in [-0.05, 0) is 30.9 Å². The molecule has 0 aliphatic heterocycles. The maximum atomic E-state index is 5.92. The van der Waals surface area contributed by atoms with Crippen molar-refractivity contribution in [3.63, 3.8) is 0 Å². The Balaban J connectivity index is 2.07. The summed E-state index contributed by atoms with van der Waals surface area (Å²) in [5.41, 5.74) is 1.39. The summed E-state index contributed by atoms with van der Waals surface area (Å²) in [5.74, 6) is 1.11. The summed E-state index contributed by atoms with van der Waals surface area (Å²) < 4.78 is 5.92. The van der Waals surface area contributed by atoms with Crippen molar-refractivity contribution in [2.75, 3.05) is 6.61 Å². The van der Waals surface area contributed by atoms with E-state index in [4.69, 9.17) is 4.74 Å². The third kappa shape index (κ3) is 10.4. The zero-order chi connectivity index (χ0) is 16.6. The zero-order valence-corrected chi connectivity index (χ0v) is 15.6. The lowest BCUT2D eigenvalue weighted by atomic mass is 10.0. The Morgan fingerprint density at radius 2 is 1.22 bits per heavy atom. The van der Waals surface area contributed by atoms with E-state index in [1.54, 1.807) is 0 Å². The number of ether oxygens (including phenoxy) is 1. The van der Waals surface area contributed by atoms with Crippen molar-refractivity contribution in [3.05, 3.63) is 29.8 Å². The molecule has 1 heteroatoms. The Hall–Kier alpha value is -0.980. The fraction of sp³-hybridized carbons (Fsp3) is 0.727. The molecule has 0 radical (unpaired) electrons. The molecule has 0 unspecified atom stereocenters. The molecule has 1 aromatic carbocycles. The van der Waals surface area contributed by atoms with Crippen LogP contribution in [0.5, 0.6) is 5.75 Å². The molecule has 0 spiro atoms. The van der Waals surface area contributed by atoms with Crippen LogP contribution >= 0.6 is 0 Å². The van der Waals surface area contributed by atoms with Gasteiger partial charge in [0, 0.05) is 0 Å². The topological polar surface area (TPSA) is 9.23 Å². The van der Waals surface area contributed by atoms with E-state index in [2.05, 4.69) is 38.1 Å². The fourth-order valence-electron chi connectivity index (χ4n) is 2.98. The third-order valence-corrected chi connectivity index (χ3v) is 4.53. The highest BCUT2D eigenvalue weighted by Gasteiger charge is 2.02. The lowest BCUT2D eigenvalue weighted by molar-refractivity contribution is 0.306. The molecule has 0 bridgehead atoms. The van der Waals surface area contributed by atoms with Crippen LogP contribution in [0, 0.1) is 0 Å². The van der Waals surface area contributed by atoms with Crippen LogP contribution in [-0.4, -0.2) is 6.61 Å². The Bertz CT molecular complexity index is 372. The lowest BCUT2D eigenvalue weighted by Crippen LogP contribution is -2.00. The predicted octanol–water partition coefficient (Wildman–Crippen LogP) is 7.33. The summed E-state index contributed by atoms with van der Waals surface area (Å²) in [6.45, 7) is 5.34. The Morgan fingerprint density at radius 1 is 0.652 bits per heavy atom. The first-order chi connectivity index (χ1) is 11.4. The first-order valence-electron chi connectivity index (χ1n) is 10.1. The highest BCUT2D eigenvalue weighted by atomic mass is 16.5. The molecular weight excluding hydrogens is 280 g/mol. The summed E-state index contributed by atoms with van der Waals surface area (Å²) in [7, 11) is 0. The molecule has 1 aromatic rings. The standard InChI is InChI=1S/C22H38O/c1-3-5-7-8-9-10-11-12-13-14-17-21-18-15-16-19-22(21)23-20-6-4-2/h15-16,18-19H,3-14,17,20H2,1-2H3. The summed E-state index contributed by atoms with van der Waals surface area (Å²) in [4.78, 5) is 0. The average molecular weight is 319 g/mol. The zero-order valence-electron chi connectivity index (χ0n) is 15.6. The lowest BCUT2D eigenvalue weighted by Gasteiger charge is -2.11. The molecule has 23 heavy (non-hydrogen) atoms. The molecule has 0 aliphatic carbocycles. The molecule has 132 valence electrons. The number of rotatable bonds is 15. The second-order valence-corrected chi connectivity index (χ2v) is 6.74. The molecule has 0 amide bonds. The maximum Gasteiger partial charge on any atom is 0.122 e. The summed E-state index contributed by atoms with van der Waals surface area (Å²) in [6, 6.07) is 8.58. The number of hydrogen-bond acceptors (Lipinski definition) is 1. The van der Waals surface area contributed by atoms with E-state index in [-0.39, 0.29) is 0 Å². The van der Waals surface area contributed by atoms with Crippen LogP contribution in [-0.2, 0) is 6.42 Å². The summed E-state index contributed by atoms with van der Waals surface area (Å²) >= 11 is 0. The van der Waals surface area contributed by atoms with Gasteiger partial charge < -0.3 is 4.74 Å². The molecule has 0 aliphatic rings. The van der Waals surface area contributed by atoms with E-state index in [1.807, 2.05) is 0 Å². The van der Waals surface area contributed by atoms with Crippen LogP contribution in [0.25, 0.3) is 0 Å². The highest BCUT2D eigenvalue weighted by molar-refractivity contribution is 5.33. The second kappa shape index (κ2) is 14.6. The number of para-hydroxylation sites is 1. The molecule has 1 nitrogen and oxygen atoms in total. The van der Waals surface area contributed by atoms with Crippen molar-refractivity contribution in [3.8, 4) is 5.75 Å². The highest BCUT2D eigenvalue weighted by Crippen LogP contribution is 2.21. The van der Waals surface area contributed by atoms with Crippen LogP contribution in [0.3, 0.4) is 0 Å². The number of hydrogen-bond donors (Lipinski definition) is 0. The van der Waals surface area contributed by atoms with E-state index in [1.165, 1.54) is 82.6 Å². The Labute approximate surface area is 144 Å². The predicted molar refractivity (Wildman–Crippen MR) is 102 cm³/mol.